The highest BCUT2D eigenvalue weighted by atomic mass is 32.2. The van der Waals surface area contributed by atoms with Gasteiger partial charge < -0.3 is 10.2 Å². The van der Waals surface area contributed by atoms with Gasteiger partial charge >= 0.3 is 0 Å². The lowest BCUT2D eigenvalue weighted by Crippen LogP contribution is -2.37. The minimum atomic E-state index is -3.05. The number of carbonyl (C=O) groups is 2. The number of amides is 2. The fourth-order valence-corrected chi connectivity index (χ4v) is 4.27. The number of nitrogens with zero attached hydrogens (tertiary/aromatic N) is 1. The Labute approximate surface area is 143 Å². The molecule has 0 aromatic heterocycles. The van der Waals surface area contributed by atoms with Gasteiger partial charge in [0.25, 0.3) is 5.91 Å². The van der Waals surface area contributed by atoms with Crippen LogP contribution in [-0.4, -0.2) is 49.7 Å². The first kappa shape index (κ1) is 18.4. The number of benzene rings is 1. The zero-order valence-corrected chi connectivity index (χ0v) is 15.3. The van der Waals surface area contributed by atoms with E-state index in [1.54, 1.807) is 31.3 Å². The molecule has 0 aliphatic carbocycles. The first-order valence-electron chi connectivity index (χ1n) is 7.89. The highest BCUT2D eigenvalue weighted by Gasteiger charge is 2.33. The molecule has 1 aliphatic rings. The van der Waals surface area contributed by atoms with Crippen LogP contribution in [0, 0.1) is 5.41 Å². The number of anilines is 1. The fraction of sp³-hybridized carbons (Fsp3) is 0.529. The second-order valence-corrected chi connectivity index (χ2v) is 9.49. The van der Waals surface area contributed by atoms with E-state index in [1.807, 2.05) is 20.8 Å². The second-order valence-electron chi connectivity index (χ2n) is 7.26. The largest absolute Gasteiger partial charge is 0.338 e. The monoisotopic (exact) mass is 352 g/mol. The van der Waals surface area contributed by atoms with Crippen molar-refractivity contribution in [1.82, 2.24) is 4.90 Å². The Bertz CT molecular complexity index is 750. The van der Waals surface area contributed by atoms with E-state index in [9.17, 15) is 18.0 Å². The molecule has 1 heterocycles. The second kappa shape index (κ2) is 6.55. The Hall–Kier alpha value is -1.89. The van der Waals surface area contributed by atoms with Gasteiger partial charge in [-0.3, -0.25) is 9.59 Å². The Balaban J connectivity index is 2.13. The molecule has 1 aromatic carbocycles. The average Bonchev–Trinajstić information content (AvgIpc) is 2.85. The van der Waals surface area contributed by atoms with Crippen LogP contribution in [0.5, 0.6) is 0 Å². The summed E-state index contributed by atoms with van der Waals surface area (Å²) in [5, 5.41) is 2.79. The van der Waals surface area contributed by atoms with Crippen LogP contribution in [0.4, 0.5) is 5.69 Å². The molecule has 1 N–H and O–H groups in total. The summed E-state index contributed by atoms with van der Waals surface area (Å²) in [4.78, 5) is 26.1. The lowest BCUT2D eigenvalue weighted by molar-refractivity contribution is -0.123. The van der Waals surface area contributed by atoms with Crippen LogP contribution < -0.4 is 5.32 Å². The summed E-state index contributed by atoms with van der Waals surface area (Å²) in [6.07, 6.45) is 0.463. The summed E-state index contributed by atoms with van der Waals surface area (Å²) in [5.74, 6) is -0.251. The zero-order chi connectivity index (χ0) is 18.1. The fourth-order valence-electron chi connectivity index (χ4n) is 2.50. The normalized spacial score (nSPS) is 19.8. The van der Waals surface area contributed by atoms with E-state index in [2.05, 4.69) is 5.32 Å². The van der Waals surface area contributed by atoms with Gasteiger partial charge in [0.15, 0.2) is 9.84 Å². The quantitative estimate of drug-likeness (QED) is 0.901. The third-order valence-electron chi connectivity index (χ3n) is 4.13. The summed E-state index contributed by atoms with van der Waals surface area (Å²) >= 11 is 0. The maximum atomic E-state index is 12.6. The molecule has 6 nitrogen and oxygen atoms in total. The molecule has 1 atom stereocenters. The van der Waals surface area contributed by atoms with Gasteiger partial charge in [0.05, 0.1) is 11.5 Å². The molecule has 0 unspecified atom stereocenters. The molecule has 1 aliphatic heterocycles. The highest BCUT2D eigenvalue weighted by Crippen LogP contribution is 2.21. The number of nitrogens with one attached hydrogen (secondary N) is 1. The molecule has 1 aromatic rings. The van der Waals surface area contributed by atoms with Gasteiger partial charge in [-0.25, -0.2) is 8.42 Å². The molecule has 2 rings (SSSR count). The van der Waals surface area contributed by atoms with E-state index in [4.69, 9.17) is 0 Å². The van der Waals surface area contributed by atoms with Crippen molar-refractivity contribution in [2.45, 2.75) is 33.2 Å². The Morgan fingerprint density at radius 3 is 2.46 bits per heavy atom. The molecule has 132 valence electrons. The molecule has 7 heteroatoms. The average molecular weight is 352 g/mol. The van der Waals surface area contributed by atoms with E-state index in [0.717, 1.165) is 0 Å². The third-order valence-corrected chi connectivity index (χ3v) is 5.88. The summed E-state index contributed by atoms with van der Waals surface area (Å²) in [7, 11) is -1.43. The summed E-state index contributed by atoms with van der Waals surface area (Å²) in [5.41, 5.74) is 0.441. The molecule has 2 amide bonds. The molecular weight excluding hydrogens is 328 g/mol. The van der Waals surface area contributed by atoms with Gasteiger partial charge in [0, 0.05) is 29.8 Å². The van der Waals surface area contributed by atoms with Crippen molar-refractivity contribution in [3.05, 3.63) is 29.8 Å². The van der Waals surface area contributed by atoms with E-state index in [1.165, 1.54) is 4.90 Å². The Morgan fingerprint density at radius 1 is 1.25 bits per heavy atom. The minimum absolute atomic E-state index is 0.00961. The van der Waals surface area contributed by atoms with Crippen molar-refractivity contribution < 1.29 is 18.0 Å². The Kier molecular flexibility index (Phi) is 5.03. The number of sulfone groups is 1. The van der Waals surface area contributed by atoms with Gasteiger partial charge in [-0.15, -0.1) is 0 Å². The summed E-state index contributed by atoms with van der Waals surface area (Å²) in [6, 6.07) is 6.40. The van der Waals surface area contributed by atoms with Crippen LogP contribution in [-0.2, 0) is 14.6 Å². The third kappa shape index (κ3) is 4.35. The molecular formula is C17H24N2O4S. The highest BCUT2D eigenvalue weighted by molar-refractivity contribution is 7.91. The molecule has 0 bridgehead atoms. The van der Waals surface area contributed by atoms with Crippen molar-refractivity contribution in [3.63, 3.8) is 0 Å². The van der Waals surface area contributed by atoms with E-state index >= 15 is 0 Å². The number of carbonyl (C=O) groups excluding carboxylic acids is 2. The topological polar surface area (TPSA) is 83.6 Å². The predicted octanol–water partition coefficient (Wildman–Crippen LogP) is 1.93. The predicted molar refractivity (Wildman–Crippen MR) is 93.7 cm³/mol. The maximum Gasteiger partial charge on any atom is 0.253 e. The molecule has 0 saturated carbocycles. The van der Waals surface area contributed by atoms with Gasteiger partial charge in [0.2, 0.25) is 5.91 Å². The van der Waals surface area contributed by atoms with Crippen molar-refractivity contribution in [1.29, 1.82) is 0 Å². The van der Waals surface area contributed by atoms with Crippen LogP contribution >= 0.6 is 0 Å². The molecule has 24 heavy (non-hydrogen) atoms. The molecule has 1 fully saturated rings. The SMILES string of the molecule is CN(C(=O)c1cccc(NC(=O)C(C)(C)C)c1)[C@H]1CCS(=O)(=O)C1. The van der Waals surface area contributed by atoms with E-state index in [0.29, 0.717) is 17.7 Å². The van der Waals surface area contributed by atoms with E-state index < -0.39 is 15.3 Å². The number of hydrogen-bond donors (Lipinski definition) is 1. The van der Waals surface area contributed by atoms with Gasteiger partial charge in [-0.2, -0.15) is 0 Å². The zero-order valence-electron chi connectivity index (χ0n) is 14.5. The lowest BCUT2D eigenvalue weighted by atomic mass is 9.95. The number of rotatable bonds is 3. The summed E-state index contributed by atoms with van der Waals surface area (Å²) < 4.78 is 23.2. The van der Waals surface area contributed by atoms with Crippen LogP contribution in [0.25, 0.3) is 0 Å². The van der Waals surface area contributed by atoms with Gasteiger partial charge in [0.1, 0.15) is 0 Å². The smallest absolute Gasteiger partial charge is 0.253 e. The van der Waals surface area contributed by atoms with Crippen LogP contribution in [0.3, 0.4) is 0 Å². The van der Waals surface area contributed by atoms with Crippen molar-refractivity contribution in [2.75, 3.05) is 23.9 Å². The lowest BCUT2D eigenvalue weighted by Gasteiger charge is -2.24. The first-order valence-corrected chi connectivity index (χ1v) is 9.71. The Morgan fingerprint density at radius 2 is 1.92 bits per heavy atom. The first-order chi connectivity index (χ1) is 11.0. The summed E-state index contributed by atoms with van der Waals surface area (Å²) in [6.45, 7) is 5.43. The standard InChI is InChI=1S/C17H24N2O4S/c1-17(2,3)16(21)18-13-7-5-6-12(10-13)15(20)19(4)14-8-9-24(22,23)11-14/h5-7,10,14H,8-9,11H2,1-4H3,(H,18,21)/t14-/m0/s1. The maximum absolute atomic E-state index is 12.6. The van der Waals surface area contributed by atoms with Crippen LogP contribution in [0.15, 0.2) is 24.3 Å². The van der Waals surface area contributed by atoms with Crippen molar-refractivity contribution in [2.24, 2.45) is 5.41 Å². The van der Waals surface area contributed by atoms with Gasteiger partial charge in [-0.05, 0) is 24.6 Å². The van der Waals surface area contributed by atoms with Crippen molar-refractivity contribution in [3.8, 4) is 0 Å². The van der Waals surface area contributed by atoms with Crippen LogP contribution in [0.1, 0.15) is 37.6 Å². The van der Waals surface area contributed by atoms with Crippen molar-refractivity contribution >= 4 is 27.3 Å². The van der Waals surface area contributed by atoms with Crippen LogP contribution in [0.2, 0.25) is 0 Å². The number of hydrogen-bond acceptors (Lipinski definition) is 4. The molecule has 1 saturated heterocycles. The molecule has 0 radical (unpaired) electrons. The van der Waals surface area contributed by atoms with E-state index in [-0.39, 0.29) is 29.4 Å². The minimum Gasteiger partial charge on any atom is -0.338 e. The van der Waals surface area contributed by atoms with Gasteiger partial charge in [-0.1, -0.05) is 26.8 Å². The molecule has 0 spiro atoms.